The van der Waals surface area contributed by atoms with E-state index in [1.54, 1.807) is 4.68 Å². The first-order valence-corrected chi connectivity index (χ1v) is 6.27. The van der Waals surface area contributed by atoms with Crippen molar-refractivity contribution in [2.24, 2.45) is 13.0 Å². The SMILES string of the molecule is CCC(C)CNc1cccc(-c2nnnn2C)c1. The Morgan fingerprint density at radius 2 is 2.22 bits per heavy atom. The highest BCUT2D eigenvalue weighted by molar-refractivity contribution is 5.62. The van der Waals surface area contributed by atoms with Crippen molar-refractivity contribution < 1.29 is 0 Å². The van der Waals surface area contributed by atoms with Gasteiger partial charge in [-0.3, -0.25) is 0 Å². The molecule has 96 valence electrons. The Balaban J connectivity index is 2.13. The summed E-state index contributed by atoms with van der Waals surface area (Å²) >= 11 is 0. The Kier molecular flexibility index (Phi) is 3.92. The molecule has 0 saturated heterocycles. The summed E-state index contributed by atoms with van der Waals surface area (Å²) in [7, 11) is 1.84. The van der Waals surface area contributed by atoms with Crippen molar-refractivity contribution in [1.82, 2.24) is 20.2 Å². The lowest BCUT2D eigenvalue weighted by molar-refractivity contribution is 0.593. The quantitative estimate of drug-likeness (QED) is 0.878. The molecule has 0 bridgehead atoms. The first kappa shape index (κ1) is 12.5. The van der Waals surface area contributed by atoms with Gasteiger partial charge in [0, 0.05) is 24.8 Å². The van der Waals surface area contributed by atoms with Crippen LogP contribution in [-0.2, 0) is 7.05 Å². The zero-order chi connectivity index (χ0) is 13.0. The van der Waals surface area contributed by atoms with E-state index in [0.717, 1.165) is 23.6 Å². The third-order valence-electron chi connectivity index (χ3n) is 3.09. The minimum atomic E-state index is 0.671. The summed E-state index contributed by atoms with van der Waals surface area (Å²) in [6.07, 6.45) is 1.18. The van der Waals surface area contributed by atoms with E-state index in [4.69, 9.17) is 0 Å². The lowest BCUT2D eigenvalue weighted by Crippen LogP contribution is -2.10. The number of aromatic nitrogens is 4. The minimum Gasteiger partial charge on any atom is -0.385 e. The molecule has 1 atom stereocenters. The molecular formula is C13H19N5. The van der Waals surface area contributed by atoms with Crippen molar-refractivity contribution in [3.8, 4) is 11.4 Å². The molecule has 1 aromatic heterocycles. The number of anilines is 1. The molecule has 2 aromatic rings. The fourth-order valence-corrected chi connectivity index (χ4v) is 1.68. The topological polar surface area (TPSA) is 55.6 Å². The predicted molar refractivity (Wildman–Crippen MR) is 72.2 cm³/mol. The van der Waals surface area contributed by atoms with Crippen LogP contribution in [0.15, 0.2) is 24.3 Å². The summed E-state index contributed by atoms with van der Waals surface area (Å²) in [4.78, 5) is 0. The number of tetrazole rings is 1. The summed E-state index contributed by atoms with van der Waals surface area (Å²) in [6.45, 7) is 5.43. The van der Waals surface area contributed by atoms with Crippen molar-refractivity contribution in [1.29, 1.82) is 0 Å². The van der Waals surface area contributed by atoms with Crippen LogP contribution < -0.4 is 5.32 Å². The molecular weight excluding hydrogens is 226 g/mol. The zero-order valence-corrected chi connectivity index (χ0v) is 11.1. The van der Waals surface area contributed by atoms with Gasteiger partial charge >= 0.3 is 0 Å². The largest absolute Gasteiger partial charge is 0.385 e. The monoisotopic (exact) mass is 245 g/mol. The van der Waals surface area contributed by atoms with E-state index in [9.17, 15) is 0 Å². The van der Waals surface area contributed by atoms with E-state index < -0.39 is 0 Å². The van der Waals surface area contributed by atoms with Crippen LogP contribution in [0.3, 0.4) is 0 Å². The number of hydrogen-bond donors (Lipinski definition) is 1. The van der Waals surface area contributed by atoms with Gasteiger partial charge in [-0.25, -0.2) is 4.68 Å². The molecule has 0 amide bonds. The van der Waals surface area contributed by atoms with E-state index >= 15 is 0 Å². The molecule has 1 heterocycles. The molecule has 5 nitrogen and oxygen atoms in total. The molecule has 18 heavy (non-hydrogen) atoms. The molecule has 0 saturated carbocycles. The molecule has 1 unspecified atom stereocenters. The Labute approximate surface area is 107 Å². The zero-order valence-electron chi connectivity index (χ0n) is 11.1. The number of benzene rings is 1. The number of nitrogens with zero attached hydrogens (tertiary/aromatic N) is 4. The van der Waals surface area contributed by atoms with Crippen LogP contribution in [0.2, 0.25) is 0 Å². The summed E-state index contributed by atoms with van der Waals surface area (Å²) in [6, 6.07) is 8.17. The molecule has 0 aliphatic carbocycles. The number of aryl methyl sites for hydroxylation is 1. The summed E-state index contributed by atoms with van der Waals surface area (Å²) < 4.78 is 1.67. The maximum Gasteiger partial charge on any atom is 0.181 e. The molecule has 0 fully saturated rings. The highest BCUT2D eigenvalue weighted by atomic mass is 15.5. The molecule has 0 aliphatic rings. The van der Waals surface area contributed by atoms with E-state index in [1.807, 2.05) is 19.2 Å². The van der Waals surface area contributed by atoms with Gasteiger partial charge in [0.1, 0.15) is 0 Å². The Bertz CT molecular complexity index is 506. The Morgan fingerprint density at radius 3 is 2.89 bits per heavy atom. The number of hydrogen-bond acceptors (Lipinski definition) is 4. The average Bonchev–Trinajstić information content (AvgIpc) is 2.82. The van der Waals surface area contributed by atoms with Gasteiger partial charge in [0.25, 0.3) is 0 Å². The van der Waals surface area contributed by atoms with Gasteiger partial charge in [-0.1, -0.05) is 32.4 Å². The fourth-order valence-electron chi connectivity index (χ4n) is 1.68. The van der Waals surface area contributed by atoms with Crippen LogP contribution in [0.25, 0.3) is 11.4 Å². The molecule has 5 heteroatoms. The maximum atomic E-state index is 4.01. The lowest BCUT2D eigenvalue weighted by Gasteiger charge is -2.12. The fraction of sp³-hybridized carbons (Fsp3) is 0.462. The lowest BCUT2D eigenvalue weighted by atomic mass is 10.1. The van der Waals surface area contributed by atoms with Gasteiger partial charge in [-0.2, -0.15) is 0 Å². The van der Waals surface area contributed by atoms with Crippen LogP contribution in [0, 0.1) is 5.92 Å². The third-order valence-corrected chi connectivity index (χ3v) is 3.09. The van der Waals surface area contributed by atoms with Gasteiger partial charge in [0.2, 0.25) is 0 Å². The smallest absolute Gasteiger partial charge is 0.181 e. The van der Waals surface area contributed by atoms with Crippen molar-refractivity contribution in [2.75, 3.05) is 11.9 Å². The van der Waals surface area contributed by atoms with Crippen molar-refractivity contribution in [3.63, 3.8) is 0 Å². The second-order valence-corrected chi connectivity index (χ2v) is 4.60. The summed E-state index contributed by atoms with van der Waals surface area (Å²) in [5, 5.41) is 15.0. The second kappa shape index (κ2) is 5.62. The van der Waals surface area contributed by atoms with Crippen LogP contribution in [0.4, 0.5) is 5.69 Å². The van der Waals surface area contributed by atoms with Gasteiger partial charge in [-0.05, 0) is 28.5 Å². The average molecular weight is 245 g/mol. The Morgan fingerprint density at radius 1 is 1.39 bits per heavy atom. The van der Waals surface area contributed by atoms with Gasteiger partial charge in [0.05, 0.1) is 0 Å². The van der Waals surface area contributed by atoms with Gasteiger partial charge in [0.15, 0.2) is 5.82 Å². The molecule has 2 rings (SSSR count). The number of nitrogens with one attached hydrogen (secondary N) is 1. The summed E-state index contributed by atoms with van der Waals surface area (Å²) in [5.41, 5.74) is 2.13. The van der Waals surface area contributed by atoms with E-state index in [2.05, 4.69) is 46.8 Å². The van der Waals surface area contributed by atoms with E-state index in [0.29, 0.717) is 5.92 Å². The third kappa shape index (κ3) is 2.85. The molecule has 1 N–H and O–H groups in total. The normalized spacial score (nSPS) is 12.4. The van der Waals surface area contributed by atoms with E-state index in [-0.39, 0.29) is 0 Å². The Hall–Kier alpha value is -1.91. The highest BCUT2D eigenvalue weighted by Gasteiger charge is 2.06. The predicted octanol–water partition coefficient (Wildman–Crippen LogP) is 2.34. The molecule has 0 spiro atoms. The van der Waals surface area contributed by atoms with Crippen molar-refractivity contribution in [3.05, 3.63) is 24.3 Å². The van der Waals surface area contributed by atoms with Gasteiger partial charge in [-0.15, -0.1) is 5.10 Å². The first-order chi connectivity index (χ1) is 8.70. The molecule has 0 radical (unpaired) electrons. The van der Waals surface area contributed by atoms with Crippen LogP contribution in [0.5, 0.6) is 0 Å². The molecule has 1 aromatic carbocycles. The van der Waals surface area contributed by atoms with Crippen LogP contribution >= 0.6 is 0 Å². The highest BCUT2D eigenvalue weighted by Crippen LogP contribution is 2.19. The second-order valence-electron chi connectivity index (χ2n) is 4.60. The standard InChI is InChI=1S/C13H19N5/c1-4-10(2)9-14-12-7-5-6-11(8-12)13-15-16-17-18(13)3/h5-8,10,14H,4,9H2,1-3H3. The first-order valence-electron chi connectivity index (χ1n) is 6.27. The van der Waals surface area contributed by atoms with Gasteiger partial charge < -0.3 is 5.32 Å². The maximum absolute atomic E-state index is 4.01. The molecule has 0 aliphatic heterocycles. The summed E-state index contributed by atoms with van der Waals surface area (Å²) in [5.74, 6) is 1.45. The van der Waals surface area contributed by atoms with Crippen molar-refractivity contribution >= 4 is 5.69 Å². The van der Waals surface area contributed by atoms with Crippen molar-refractivity contribution in [2.45, 2.75) is 20.3 Å². The number of rotatable bonds is 5. The van der Waals surface area contributed by atoms with E-state index in [1.165, 1.54) is 6.42 Å². The van der Waals surface area contributed by atoms with Crippen LogP contribution in [-0.4, -0.2) is 26.8 Å². The minimum absolute atomic E-state index is 0.671. The van der Waals surface area contributed by atoms with Crippen LogP contribution in [0.1, 0.15) is 20.3 Å².